The highest BCUT2D eigenvalue weighted by Gasteiger charge is 2.23. The number of carbonyl (C=O) groups excluding carboxylic acids is 1. The number of nitrogens with zero attached hydrogens (tertiary/aromatic N) is 2. The maximum Gasteiger partial charge on any atom is 0.320 e. The van der Waals surface area contributed by atoms with E-state index >= 15 is 0 Å². The van der Waals surface area contributed by atoms with E-state index in [1.165, 1.54) is 0 Å². The fourth-order valence-corrected chi connectivity index (χ4v) is 2.92. The summed E-state index contributed by atoms with van der Waals surface area (Å²) in [7, 11) is 0. The Morgan fingerprint density at radius 3 is 2.21 bits per heavy atom. The standard InChI is InChI=1S/C23H20N4O2/c1-16-12-14-19(15-13-16)24-23(28)25-20(17-8-4-2-5-9-17)22-27-26-21(29-22)18-10-6-3-7-11-18/h2-15,20H,1H3,(H2,24,25,28)/t20-/m1/s1. The molecule has 2 N–H and O–H groups in total. The van der Waals surface area contributed by atoms with E-state index in [-0.39, 0.29) is 6.03 Å². The summed E-state index contributed by atoms with van der Waals surface area (Å²) in [6.07, 6.45) is 0. The molecule has 4 rings (SSSR count). The van der Waals surface area contributed by atoms with Gasteiger partial charge in [-0.3, -0.25) is 0 Å². The third-order valence-electron chi connectivity index (χ3n) is 4.43. The third kappa shape index (κ3) is 4.50. The van der Waals surface area contributed by atoms with E-state index in [0.29, 0.717) is 17.5 Å². The third-order valence-corrected chi connectivity index (χ3v) is 4.43. The van der Waals surface area contributed by atoms with Gasteiger partial charge in [0.1, 0.15) is 6.04 Å². The zero-order valence-corrected chi connectivity index (χ0v) is 15.9. The van der Waals surface area contributed by atoms with E-state index < -0.39 is 6.04 Å². The summed E-state index contributed by atoms with van der Waals surface area (Å²) in [6.45, 7) is 2.00. The fourth-order valence-electron chi connectivity index (χ4n) is 2.92. The van der Waals surface area contributed by atoms with Gasteiger partial charge in [-0.25, -0.2) is 4.79 Å². The molecule has 0 aliphatic heterocycles. The molecule has 6 heteroatoms. The van der Waals surface area contributed by atoms with Gasteiger partial charge in [-0.1, -0.05) is 66.2 Å². The van der Waals surface area contributed by atoms with Crippen LogP contribution in [-0.2, 0) is 0 Å². The predicted molar refractivity (Wildman–Crippen MR) is 111 cm³/mol. The van der Waals surface area contributed by atoms with Gasteiger partial charge < -0.3 is 15.1 Å². The van der Waals surface area contributed by atoms with Crippen molar-refractivity contribution >= 4 is 11.7 Å². The topological polar surface area (TPSA) is 80.0 Å². The molecule has 0 unspecified atom stereocenters. The van der Waals surface area contributed by atoms with E-state index in [0.717, 1.165) is 16.7 Å². The summed E-state index contributed by atoms with van der Waals surface area (Å²) in [5.41, 5.74) is 3.49. The van der Waals surface area contributed by atoms with Crippen molar-refractivity contribution in [1.82, 2.24) is 15.5 Å². The van der Waals surface area contributed by atoms with Crippen LogP contribution in [0.1, 0.15) is 23.1 Å². The smallest absolute Gasteiger partial charge is 0.320 e. The Morgan fingerprint density at radius 2 is 1.52 bits per heavy atom. The molecule has 2 amide bonds. The molecule has 1 heterocycles. The molecule has 1 aromatic heterocycles. The van der Waals surface area contributed by atoms with Crippen molar-refractivity contribution in [3.05, 3.63) is 102 Å². The largest absolute Gasteiger partial charge is 0.418 e. The number of nitrogens with one attached hydrogen (secondary N) is 2. The molecule has 29 heavy (non-hydrogen) atoms. The van der Waals surface area contributed by atoms with Crippen molar-refractivity contribution in [2.45, 2.75) is 13.0 Å². The van der Waals surface area contributed by atoms with E-state index in [1.54, 1.807) is 0 Å². The number of hydrogen-bond acceptors (Lipinski definition) is 4. The van der Waals surface area contributed by atoms with Crippen LogP contribution in [0, 0.1) is 6.92 Å². The number of anilines is 1. The van der Waals surface area contributed by atoms with Crippen LogP contribution in [0.2, 0.25) is 0 Å². The highest BCUT2D eigenvalue weighted by molar-refractivity contribution is 5.89. The Balaban J connectivity index is 1.58. The first-order valence-corrected chi connectivity index (χ1v) is 9.27. The second kappa shape index (κ2) is 8.39. The lowest BCUT2D eigenvalue weighted by Crippen LogP contribution is -2.33. The minimum absolute atomic E-state index is 0.314. The van der Waals surface area contributed by atoms with Crippen LogP contribution < -0.4 is 10.6 Å². The predicted octanol–water partition coefficient (Wildman–Crippen LogP) is 4.96. The number of hydrogen-bond donors (Lipinski definition) is 2. The summed E-state index contributed by atoms with van der Waals surface area (Å²) in [6, 6.07) is 25.7. The van der Waals surface area contributed by atoms with Crippen molar-refractivity contribution in [2.75, 3.05) is 5.32 Å². The molecule has 0 aliphatic rings. The molecule has 0 saturated heterocycles. The Labute approximate surface area is 168 Å². The van der Waals surface area contributed by atoms with Gasteiger partial charge in [-0.05, 0) is 36.8 Å². The van der Waals surface area contributed by atoms with E-state index in [1.807, 2.05) is 91.9 Å². The Kier molecular flexibility index (Phi) is 5.33. The van der Waals surface area contributed by atoms with Gasteiger partial charge in [0, 0.05) is 11.3 Å². The summed E-state index contributed by atoms with van der Waals surface area (Å²) in [4.78, 5) is 12.6. The molecule has 6 nitrogen and oxygen atoms in total. The van der Waals surface area contributed by atoms with Crippen LogP contribution in [0.25, 0.3) is 11.5 Å². The molecule has 0 radical (unpaired) electrons. The highest BCUT2D eigenvalue weighted by Crippen LogP contribution is 2.25. The van der Waals surface area contributed by atoms with Crippen molar-refractivity contribution in [2.24, 2.45) is 0 Å². The van der Waals surface area contributed by atoms with Crippen molar-refractivity contribution in [1.29, 1.82) is 0 Å². The minimum Gasteiger partial charge on any atom is -0.418 e. The lowest BCUT2D eigenvalue weighted by molar-refractivity contribution is 0.248. The Bertz CT molecular complexity index is 1080. The molecule has 0 spiro atoms. The first kappa shape index (κ1) is 18.4. The molecule has 0 saturated carbocycles. The summed E-state index contributed by atoms with van der Waals surface area (Å²) < 4.78 is 5.89. The van der Waals surface area contributed by atoms with Crippen molar-refractivity contribution in [3.8, 4) is 11.5 Å². The van der Waals surface area contributed by atoms with Crippen LogP contribution in [-0.4, -0.2) is 16.2 Å². The molecule has 144 valence electrons. The maximum absolute atomic E-state index is 12.6. The van der Waals surface area contributed by atoms with Gasteiger partial charge in [0.15, 0.2) is 0 Å². The Hall–Kier alpha value is -3.93. The van der Waals surface area contributed by atoms with Crippen LogP contribution >= 0.6 is 0 Å². The first-order chi connectivity index (χ1) is 14.2. The number of aryl methyl sites for hydroxylation is 1. The normalized spacial score (nSPS) is 11.6. The number of rotatable bonds is 5. The number of urea groups is 1. The second-order valence-electron chi connectivity index (χ2n) is 6.62. The van der Waals surface area contributed by atoms with Crippen LogP contribution in [0.4, 0.5) is 10.5 Å². The molecule has 0 bridgehead atoms. The molecular formula is C23H20N4O2. The fraction of sp³-hybridized carbons (Fsp3) is 0.0870. The summed E-state index contributed by atoms with van der Waals surface area (Å²) in [5, 5.41) is 14.1. The minimum atomic E-state index is -0.577. The van der Waals surface area contributed by atoms with E-state index in [9.17, 15) is 4.79 Å². The van der Waals surface area contributed by atoms with Crippen molar-refractivity contribution < 1.29 is 9.21 Å². The maximum atomic E-state index is 12.6. The zero-order chi connectivity index (χ0) is 20.1. The number of carbonyl (C=O) groups is 1. The first-order valence-electron chi connectivity index (χ1n) is 9.27. The van der Waals surface area contributed by atoms with Gasteiger partial charge in [-0.15, -0.1) is 10.2 Å². The number of amides is 2. The van der Waals surface area contributed by atoms with Gasteiger partial charge in [0.25, 0.3) is 0 Å². The second-order valence-corrected chi connectivity index (χ2v) is 6.62. The number of aromatic nitrogens is 2. The van der Waals surface area contributed by atoms with E-state index in [2.05, 4.69) is 20.8 Å². The molecular weight excluding hydrogens is 364 g/mol. The lowest BCUT2D eigenvalue weighted by atomic mass is 10.1. The SMILES string of the molecule is Cc1ccc(NC(=O)N[C@H](c2ccccc2)c2nnc(-c3ccccc3)o2)cc1. The monoisotopic (exact) mass is 384 g/mol. The summed E-state index contributed by atoms with van der Waals surface area (Å²) in [5.74, 6) is 0.719. The van der Waals surface area contributed by atoms with Gasteiger partial charge in [0.05, 0.1) is 0 Å². The molecule has 0 aliphatic carbocycles. The molecule has 4 aromatic rings. The summed E-state index contributed by atoms with van der Waals surface area (Å²) >= 11 is 0. The average molecular weight is 384 g/mol. The highest BCUT2D eigenvalue weighted by atomic mass is 16.4. The van der Waals surface area contributed by atoms with Gasteiger partial charge in [0.2, 0.25) is 11.8 Å². The Morgan fingerprint density at radius 1 is 0.862 bits per heavy atom. The van der Waals surface area contributed by atoms with Gasteiger partial charge >= 0.3 is 6.03 Å². The average Bonchev–Trinajstić information content (AvgIpc) is 3.25. The quantitative estimate of drug-likeness (QED) is 0.510. The van der Waals surface area contributed by atoms with Crippen LogP contribution in [0.3, 0.4) is 0 Å². The number of benzene rings is 3. The van der Waals surface area contributed by atoms with Crippen LogP contribution in [0.5, 0.6) is 0 Å². The molecule has 3 aromatic carbocycles. The molecule has 1 atom stereocenters. The van der Waals surface area contributed by atoms with Crippen LogP contribution in [0.15, 0.2) is 89.3 Å². The zero-order valence-electron chi connectivity index (χ0n) is 15.9. The van der Waals surface area contributed by atoms with Crippen molar-refractivity contribution in [3.63, 3.8) is 0 Å². The van der Waals surface area contributed by atoms with E-state index in [4.69, 9.17) is 4.42 Å². The molecule has 0 fully saturated rings. The van der Waals surface area contributed by atoms with Gasteiger partial charge in [-0.2, -0.15) is 0 Å². The lowest BCUT2D eigenvalue weighted by Gasteiger charge is -2.16.